The minimum absolute atomic E-state index is 0.0837. The Labute approximate surface area is 154 Å². The van der Waals surface area contributed by atoms with E-state index in [-0.39, 0.29) is 12.1 Å². The van der Waals surface area contributed by atoms with Gasteiger partial charge in [-0.15, -0.1) is 0 Å². The van der Waals surface area contributed by atoms with Gasteiger partial charge in [-0.1, -0.05) is 18.2 Å². The number of hydrogen-bond donors (Lipinski definition) is 1. The highest BCUT2D eigenvalue weighted by Gasteiger charge is 2.29. The number of hydrogen-bond acceptors (Lipinski definition) is 4. The van der Waals surface area contributed by atoms with Gasteiger partial charge in [0.2, 0.25) is 0 Å². The van der Waals surface area contributed by atoms with E-state index in [9.17, 15) is 22.8 Å². The van der Waals surface area contributed by atoms with Crippen LogP contribution in [0.3, 0.4) is 0 Å². The topological polar surface area (TPSA) is 64.6 Å². The number of ether oxygens (including phenoxy) is 2. The maximum atomic E-state index is 12.5. The second kappa shape index (κ2) is 9.61. The fourth-order valence-electron chi connectivity index (χ4n) is 2.08. The van der Waals surface area contributed by atoms with Gasteiger partial charge in [-0.05, 0) is 42.8 Å². The minimum Gasteiger partial charge on any atom is -0.494 e. The molecule has 8 heteroatoms. The highest BCUT2D eigenvalue weighted by Crippen LogP contribution is 2.29. The number of halogens is 3. The van der Waals surface area contributed by atoms with Crippen LogP contribution in [0.4, 0.5) is 18.9 Å². The van der Waals surface area contributed by atoms with Gasteiger partial charge in [0, 0.05) is 12.1 Å². The number of carbonyl (C=O) groups excluding carboxylic acids is 2. The number of rotatable bonds is 8. The van der Waals surface area contributed by atoms with Crippen LogP contribution >= 0.6 is 0 Å². The van der Waals surface area contributed by atoms with E-state index in [4.69, 9.17) is 9.47 Å². The number of benzene rings is 2. The van der Waals surface area contributed by atoms with Crippen molar-refractivity contribution in [2.45, 2.75) is 19.0 Å². The second-order valence-corrected chi connectivity index (χ2v) is 5.55. The summed E-state index contributed by atoms with van der Waals surface area (Å²) in [6, 6.07) is 13.1. The maximum Gasteiger partial charge on any atom is 0.416 e. The van der Waals surface area contributed by atoms with Crippen LogP contribution in [0.25, 0.3) is 0 Å². The van der Waals surface area contributed by atoms with Crippen molar-refractivity contribution in [3.63, 3.8) is 0 Å². The van der Waals surface area contributed by atoms with E-state index in [0.717, 1.165) is 24.3 Å². The Bertz CT molecular complexity index is 746. The average Bonchev–Trinajstić information content (AvgIpc) is 2.64. The standard InChI is InChI=1S/C19H18F3NO4/c20-19(21,22)14-8-10-15(11-9-14)23-17(24)13-27-18(25)7-4-12-26-16-5-2-1-3-6-16/h1-3,5-6,8-11H,4,7,12-13H2,(H,23,24). The highest BCUT2D eigenvalue weighted by atomic mass is 19.4. The Morgan fingerprint density at radius 2 is 1.63 bits per heavy atom. The van der Waals surface area contributed by atoms with Crippen LogP contribution in [0.1, 0.15) is 18.4 Å². The van der Waals surface area contributed by atoms with Crippen molar-refractivity contribution < 1.29 is 32.2 Å². The van der Waals surface area contributed by atoms with Gasteiger partial charge in [0.05, 0.1) is 12.2 Å². The van der Waals surface area contributed by atoms with E-state index < -0.39 is 30.2 Å². The fraction of sp³-hybridized carbons (Fsp3) is 0.263. The number of esters is 1. The number of amides is 1. The van der Waals surface area contributed by atoms with Gasteiger partial charge >= 0.3 is 12.1 Å². The number of carbonyl (C=O) groups is 2. The van der Waals surface area contributed by atoms with E-state index in [1.165, 1.54) is 0 Å². The molecule has 2 rings (SSSR count). The molecule has 0 atom stereocenters. The molecule has 0 saturated carbocycles. The van der Waals surface area contributed by atoms with Crippen molar-refractivity contribution in [2.75, 3.05) is 18.5 Å². The molecule has 2 aromatic rings. The fourth-order valence-corrected chi connectivity index (χ4v) is 2.08. The average molecular weight is 381 g/mol. The quantitative estimate of drug-likeness (QED) is 0.554. The van der Waals surface area contributed by atoms with E-state index in [1.807, 2.05) is 18.2 Å². The Hall–Kier alpha value is -3.03. The summed E-state index contributed by atoms with van der Waals surface area (Å²) in [5, 5.41) is 2.36. The Morgan fingerprint density at radius 3 is 2.26 bits per heavy atom. The third-order valence-corrected chi connectivity index (χ3v) is 3.40. The zero-order chi connectivity index (χ0) is 19.7. The van der Waals surface area contributed by atoms with Crippen molar-refractivity contribution >= 4 is 17.6 Å². The monoisotopic (exact) mass is 381 g/mol. The molecular formula is C19H18F3NO4. The zero-order valence-electron chi connectivity index (χ0n) is 14.3. The van der Waals surface area contributed by atoms with E-state index in [2.05, 4.69) is 5.32 Å². The molecule has 0 heterocycles. The van der Waals surface area contributed by atoms with Crippen molar-refractivity contribution in [3.05, 3.63) is 60.2 Å². The molecule has 1 amide bonds. The van der Waals surface area contributed by atoms with Crippen LogP contribution in [0.5, 0.6) is 5.75 Å². The molecule has 144 valence electrons. The molecular weight excluding hydrogens is 363 g/mol. The molecule has 0 saturated heterocycles. The number of alkyl halides is 3. The lowest BCUT2D eigenvalue weighted by molar-refractivity contribution is -0.147. The number of anilines is 1. The van der Waals surface area contributed by atoms with E-state index >= 15 is 0 Å². The van der Waals surface area contributed by atoms with Crippen molar-refractivity contribution in [2.24, 2.45) is 0 Å². The first-order valence-electron chi connectivity index (χ1n) is 8.15. The summed E-state index contributed by atoms with van der Waals surface area (Å²) in [5.41, 5.74) is -0.634. The molecule has 0 bridgehead atoms. The number of nitrogens with one attached hydrogen (secondary N) is 1. The maximum absolute atomic E-state index is 12.5. The lowest BCUT2D eigenvalue weighted by Gasteiger charge is -2.09. The van der Waals surface area contributed by atoms with Crippen LogP contribution in [0, 0.1) is 0 Å². The predicted molar refractivity (Wildman–Crippen MR) is 92.2 cm³/mol. The first-order chi connectivity index (χ1) is 12.8. The summed E-state index contributed by atoms with van der Waals surface area (Å²) in [7, 11) is 0. The lowest BCUT2D eigenvalue weighted by atomic mass is 10.2. The normalized spacial score (nSPS) is 10.9. The first kappa shape index (κ1) is 20.3. The van der Waals surface area contributed by atoms with Crippen LogP contribution in [0.2, 0.25) is 0 Å². The second-order valence-electron chi connectivity index (χ2n) is 5.55. The summed E-state index contributed by atoms with van der Waals surface area (Å²) in [4.78, 5) is 23.3. The Kier molecular flexibility index (Phi) is 7.22. The molecule has 5 nitrogen and oxygen atoms in total. The summed E-state index contributed by atoms with van der Waals surface area (Å²) in [6.07, 6.45) is -3.93. The van der Waals surface area contributed by atoms with E-state index in [0.29, 0.717) is 18.8 Å². The molecule has 0 aliphatic carbocycles. The molecule has 0 radical (unpaired) electrons. The summed E-state index contributed by atoms with van der Waals surface area (Å²) in [5.74, 6) is -0.500. The van der Waals surface area contributed by atoms with Crippen LogP contribution in [0.15, 0.2) is 54.6 Å². The van der Waals surface area contributed by atoms with Gasteiger partial charge < -0.3 is 14.8 Å². The van der Waals surface area contributed by atoms with Gasteiger partial charge in [-0.3, -0.25) is 9.59 Å². The molecule has 0 aliphatic rings. The molecule has 0 aromatic heterocycles. The molecule has 0 fully saturated rings. The Balaban J connectivity index is 1.64. The third kappa shape index (κ3) is 7.39. The van der Waals surface area contributed by atoms with Crippen LogP contribution < -0.4 is 10.1 Å². The van der Waals surface area contributed by atoms with Crippen LogP contribution in [-0.4, -0.2) is 25.1 Å². The molecule has 0 spiro atoms. The largest absolute Gasteiger partial charge is 0.494 e. The molecule has 27 heavy (non-hydrogen) atoms. The summed E-state index contributed by atoms with van der Waals surface area (Å²) < 4.78 is 47.6. The first-order valence-corrected chi connectivity index (χ1v) is 8.15. The summed E-state index contributed by atoms with van der Waals surface area (Å²) >= 11 is 0. The predicted octanol–water partition coefficient (Wildman–Crippen LogP) is 4.05. The SMILES string of the molecule is O=C(COC(=O)CCCOc1ccccc1)Nc1ccc(C(F)(F)F)cc1. The molecule has 0 unspecified atom stereocenters. The molecule has 1 N–H and O–H groups in total. The molecule has 2 aromatic carbocycles. The van der Waals surface area contributed by atoms with Gasteiger partial charge in [0.1, 0.15) is 5.75 Å². The summed E-state index contributed by atoms with van der Waals surface area (Å²) in [6.45, 7) is -0.184. The number of para-hydroxylation sites is 1. The van der Waals surface area contributed by atoms with Gasteiger partial charge in [-0.25, -0.2) is 0 Å². The highest BCUT2D eigenvalue weighted by molar-refractivity contribution is 5.92. The van der Waals surface area contributed by atoms with Crippen LogP contribution in [-0.2, 0) is 20.5 Å². The third-order valence-electron chi connectivity index (χ3n) is 3.40. The van der Waals surface area contributed by atoms with Crippen molar-refractivity contribution in [1.82, 2.24) is 0 Å². The smallest absolute Gasteiger partial charge is 0.416 e. The van der Waals surface area contributed by atoms with Crippen molar-refractivity contribution in [3.8, 4) is 5.75 Å². The minimum atomic E-state index is -4.44. The van der Waals surface area contributed by atoms with Gasteiger partial charge in [-0.2, -0.15) is 13.2 Å². The van der Waals surface area contributed by atoms with Gasteiger partial charge in [0.25, 0.3) is 5.91 Å². The lowest BCUT2D eigenvalue weighted by Crippen LogP contribution is -2.21. The van der Waals surface area contributed by atoms with Gasteiger partial charge in [0.15, 0.2) is 6.61 Å². The van der Waals surface area contributed by atoms with Crippen molar-refractivity contribution in [1.29, 1.82) is 0 Å². The van der Waals surface area contributed by atoms with E-state index in [1.54, 1.807) is 12.1 Å². The zero-order valence-corrected chi connectivity index (χ0v) is 14.3. The molecule has 0 aliphatic heterocycles. The Morgan fingerprint density at radius 1 is 0.963 bits per heavy atom.